The second-order valence-electron chi connectivity index (χ2n) is 3.93. The second kappa shape index (κ2) is 4.76. The summed E-state index contributed by atoms with van der Waals surface area (Å²) in [6.07, 6.45) is -4.95. The first-order valence-corrected chi connectivity index (χ1v) is 5.37. The normalized spacial score (nSPS) is 12.7. The Labute approximate surface area is 106 Å². The van der Waals surface area contributed by atoms with Crippen molar-refractivity contribution in [1.82, 2.24) is 0 Å². The van der Waals surface area contributed by atoms with E-state index in [0.29, 0.717) is 0 Å². The Kier molecular flexibility index (Phi) is 3.29. The minimum atomic E-state index is -5.02. The van der Waals surface area contributed by atoms with E-state index in [1.807, 2.05) is 12.1 Å². The zero-order chi connectivity index (χ0) is 14.0. The molecular weight excluding hydrogens is 257 g/mol. The number of hydrogen-bond acceptors (Lipinski definition) is 2. The van der Waals surface area contributed by atoms with Crippen LogP contribution < -0.4 is 5.11 Å². The molecule has 2 nitrogen and oxygen atoms in total. The number of fused-ring (bicyclic) bond motifs is 1. The van der Waals surface area contributed by atoms with Crippen LogP contribution >= 0.6 is 0 Å². The molecule has 0 N–H and O–H groups in total. The van der Waals surface area contributed by atoms with E-state index in [2.05, 4.69) is 0 Å². The largest absolute Gasteiger partial charge is 0.872 e. The van der Waals surface area contributed by atoms with Gasteiger partial charge in [-0.2, -0.15) is 13.2 Å². The molecular formula is C14H8F3O2-. The lowest BCUT2D eigenvalue weighted by Crippen LogP contribution is -2.21. The van der Waals surface area contributed by atoms with Crippen LogP contribution in [0.15, 0.2) is 48.5 Å². The van der Waals surface area contributed by atoms with Crippen LogP contribution in [0.4, 0.5) is 13.2 Å². The second-order valence-corrected chi connectivity index (χ2v) is 3.93. The third-order valence-electron chi connectivity index (χ3n) is 2.58. The Morgan fingerprint density at radius 3 is 2.32 bits per heavy atom. The van der Waals surface area contributed by atoms with Crippen LogP contribution in [0.3, 0.4) is 0 Å². The number of alkyl halides is 3. The molecule has 0 aliphatic carbocycles. The molecule has 0 amide bonds. The lowest BCUT2D eigenvalue weighted by molar-refractivity contribution is -0.244. The van der Waals surface area contributed by atoms with Gasteiger partial charge in [0, 0.05) is 0 Å². The van der Waals surface area contributed by atoms with Crippen molar-refractivity contribution in [1.29, 1.82) is 0 Å². The molecule has 98 valence electrons. The molecule has 0 bridgehead atoms. The van der Waals surface area contributed by atoms with Crippen molar-refractivity contribution in [2.75, 3.05) is 0 Å². The van der Waals surface area contributed by atoms with Gasteiger partial charge in [0.15, 0.2) is 0 Å². The number of benzene rings is 2. The molecule has 0 saturated carbocycles. The van der Waals surface area contributed by atoms with Crippen molar-refractivity contribution >= 4 is 22.3 Å². The lowest BCUT2D eigenvalue weighted by Gasteiger charge is -2.13. The Morgan fingerprint density at radius 1 is 1.05 bits per heavy atom. The molecule has 0 heterocycles. The van der Waals surface area contributed by atoms with E-state index in [4.69, 9.17) is 0 Å². The average molecular weight is 265 g/mol. The number of halogens is 3. The summed E-state index contributed by atoms with van der Waals surface area (Å²) in [5.41, 5.74) is 0.0521. The topological polar surface area (TPSA) is 40.1 Å². The molecule has 2 aromatic carbocycles. The number of ketones is 1. The maximum Gasteiger partial charge on any atom is 0.454 e. The van der Waals surface area contributed by atoms with Crippen molar-refractivity contribution in [2.45, 2.75) is 6.18 Å². The van der Waals surface area contributed by atoms with Crippen molar-refractivity contribution in [3.05, 3.63) is 54.1 Å². The third-order valence-corrected chi connectivity index (χ3v) is 2.58. The molecule has 0 atom stereocenters. The smallest absolute Gasteiger partial charge is 0.454 e. The summed E-state index contributed by atoms with van der Waals surface area (Å²) in [5, 5.41) is 13.2. The van der Waals surface area contributed by atoms with Crippen LogP contribution in [0.2, 0.25) is 0 Å². The van der Waals surface area contributed by atoms with Gasteiger partial charge >= 0.3 is 6.18 Å². The van der Waals surface area contributed by atoms with Crippen LogP contribution in [-0.2, 0) is 4.79 Å². The lowest BCUT2D eigenvalue weighted by atomic mass is 10.1. The maximum atomic E-state index is 12.0. The number of allylic oxidation sites excluding steroid dienone is 1. The minimum Gasteiger partial charge on any atom is -0.872 e. The van der Waals surface area contributed by atoms with Gasteiger partial charge in [-0.15, -0.1) is 0 Å². The molecule has 19 heavy (non-hydrogen) atoms. The van der Waals surface area contributed by atoms with Gasteiger partial charge in [-0.1, -0.05) is 42.2 Å². The summed E-state index contributed by atoms with van der Waals surface area (Å²) in [6.45, 7) is 0. The van der Waals surface area contributed by atoms with Crippen LogP contribution in [-0.4, -0.2) is 12.0 Å². The van der Waals surface area contributed by atoms with Crippen molar-refractivity contribution in [2.24, 2.45) is 0 Å². The Morgan fingerprint density at radius 2 is 1.68 bits per heavy atom. The predicted octanol–water partition coefficient (Wildman–Crippen LogP) is 2.67. The van der Waals surface area contributed by atoms with Gasteiger partial charge in [-0.3, -0.25) is 4.79 Å². The van der Waals surface area contributed by atoms with E-state index in [-0.39, 0.29) is 11.6 Å². The highest BCUT2D eigenvalue weighted by Gasteiger charge is 2.36. The average Bonchev–Trinajstić information content (AvgIpc) is 2.37. The summed E-state index contributed by atoms with van der Waals surface area (Å²) >= 11 is 0. The first-order chi connectivity index (χ1) is 8.88. The zero-order valence-corrected chi connectivity index (χ0v) is 9.57. The molecule has 0 aliphatic rings. The monoisotopic (exact) mass is 265 g/mol. The highest BCUT2D eigenvalue weighted by Crippen LogP contribution is 2.21. The zero-order valence-electron chi connectivity index (χ0n) is 9.57. The number of carbonyl (C=O) groups is 1. The van der Waals surface area contributed by atoms with Gasteiger partial charge in [0.1, 0.15) is 0 Å². The number of carbonyl (C=O) groups excluding carboxylic acids is 1. The van der Waals surface area contributed by atoms with Gasteiger partial charge in [0.05, 0.1) is 0 Å². The Bertz CT molecular complexity index is 657. The van der Waals surface area contributed by atoms with Crippen molar-refractivity contribution < 1.29 is 23.1 Å². The number of rotatable bonds is 2. The quantitative estimate of drug-likeness (QED) is 0.618. The Hall–Kier alpha value is -2.30. The first kappa shape index (κ1) is 13.1. The van der Waals surface area contributed by atoms with E-state index >= 15 is 0 Å². The van der Waals surface area contributed by atoms with Gasteiger partial charge in [0.25, 0.3) is 5.78 Å². The van der Waals surface area contributed by atoms with Gasteiger partial charge in [-0.05, 0) is 28.5 Å². The first-order valence-electron chi connectivity index (χ1n) is 5.37. The molecule has 0 fully saturated rings. The fourth-order valence-corrected chi connectivity index (χ4v) is 1.63. The third kappa shape index (κ3) is 2.93. The molecule has 2 rings (SSSR count). The van der Waals surface area contributed by atoms with Crippen LogP contribution in [0.25, 0.3) is 16.5 Å². The van der Waals surface area contributed by atoms with Crippen LogP contribution in [0, 0.1) is 0 Å². The molecule has 0 aromatic heterocycles. The van der Waals surface area contributed by atoms with E-state index < -0.39 is 17.7 Å². The molecule has 0 spiro atoms. The van der Waals surface area contributed by atoms with E-state index in [0.717, 1.165) is 10.8 Å². The predicted molar refractivity (Wildman–Crippen MR) is 63.0 cm³/mol. The molecule has 5 heteroatoms. The van der Waals surface area contributed by atoms with Gasteiger partial charge in [-0.25, -0.2) is 0 Å². The summed E-state index contributed by atoms with van der Waals surface area (Å²) in [6, 6.07) is 11.6. The summed E-state index contributed by atoms with van der Waals surface area (Å²) in [4.78, 5) is 10.7. The summed E-state index contributed by atoms with van der Waals surface area (Å²) in [7, 11) is 0. The van der Waals surface area contributed by atoms with E-state index in [9.17, 15) is 23.1 Å². The molecule has 0 unspecified atom stereocenters. The highest BCUT2D eigenvalue weighted by molar-refractivity contribution is 5.99. The van der Waals surface area contributed by atoms with E-state index in [1.165, 1.54) is 12.1 Å². The molecule has 0 radical (unpaired) electrons. The maximum absolute atomic E-state index is 12.0. The highest BCUT2D eigenvalue weighted by atomic mass is 19.4. The van der Waals surface area contributed by atoms with Gasteiger partial charge in [0.2, 0.25) is 0 Å². The minimum absolute atomic E-state index is 0.0521. The van der Waals surface area contributed by atoms with Crippen molar-refractivity contribution in [3.63, 3.8) is 0 Å². The van der Waals surface area contributed by atoms with Crippen LogP contribution in [0.5, 0.6) is 0 Å². The molecule has 2 aromatic rings. The fourth-order valence-electron chi connectivity index (χ4n) is 1.63. The fraction of sp³-hybridized carbons (Fsp3) is 0.0714. The standard InChI is InChI=1S/C14H9F3O2/c15-14(16,17)13(19)8-12(18)11-6-5-9-3-1-2-4-10(9)7-11/h1-8,18H/p-1/b12-8-. The summed E-state index contributed by atoms with van der Waals surface area (Å²) < 4.78 is 36.1. The van der Waals surface area contributed by atoms with E-state index in [1.54, 1.807) is 18.2 Å². The van der Waals surface area contributed by atoms with Crippen LogP contribution in [0.1, 0.15) is 5.56 Å². The summed E-state index contributed by atoms with van der Waals surface area (Å²) in [5.74, 6) is -3.10. The Balaban J connectivity index is 2.39. The van der Waals surface area contributed by atoms with Crippen molar-refractivity contribution in [3.8, 4) is 0 Å². The SMILES string of the molecule is O=C(/C=C(\[O-])c1ccc2ccccc2c1)C(F)(F)F. The van der Waals surface area contributed by atoms with Gasteiger partial charge < -0.3 is 5.11 Å². The molecule has 0 aliphatic heterocycles. The molecule has 0 saturated heterocycles. The number of hydrogen-bond donors (Lipinski definition) is 0.